The van der Waals surface area contributed by atoms with Crippen molar-refractivity contribution in [2.45, 2.75) is 6.54 Å². The van der Waals surface area contributed by atoms with Crippen molar-refractivity contribution in [3.05, 3.63) is 47.2 Å². The van der Waals surface area contributed by atoms with Gasteiger partial charge in [-0.05, 0) is 17.7 Å². The molecule has 6 nitrogen and oxygen atoms in total. The molecule has 0 spiro atoms. The second kappa shape index (κ2) is 4.97. The molecule has 2 aromatic rings. The maximum atomic E-state index is 10.8. The minimum absolute atomic E-state index is 0.325. The maximum Gasteiger partial charge on any atom is 0.296 e. The highest BCUT2D eigenvalue weighted by Crippen LogP contribution is 2.12. The van der Waals surface area contributed by atoms with Crippen molar-refractivity contribution in [2.24, 2.45) is 5.14 Å². The van der Waals surface area contributed by atoms with Crippen molar-refractivity contribution in [1.82, 2.24) is 9.78 Å². The topological polar surface area (TPSA) is 90.0 Å². The Balaban J connectivity index is 2.09. The van der Waals surface area contributed by atoms with Crippen LogP contribution in [0.25, 0.3) is 0 Å². The van der Waals surface area contributed by atoms with Gasteiger partial charge in [0.1, 0.15) is 0 Å². The van der Waals surface area contributed by atoms with E-state index in [1.807, 2.05) is 12.1 Å². The predicted molar refractivity (Wildman–Crippen MR) is 69.5 cm³/mol. The van der Waals surface area contributed by atoms with Gasteiger partial charge in [-0.15, -0.1) is 0 Å². The highest BCUT2D eigenvalue weighted by molar-refractivity contribution is 7.90. The van der Waals surface area contributed by atoms with Gasteiger partial charge in [-0.1, -0.05) is 23.7 Å². The van der Waals surface area contributed by atoms with E-state index in [0.717, 1.165) is 5.56 Å². The van der Waals surface area contributed by atoms with Gasteiger partial charge in [0.05, 0.1) is 18.4 Å². The summed E-state index contributed by atoms with van der Waals surface area (Å²) in [6.07, 6.45) is 2.94. The molecule has 0 bridgehead atoms. The maximum absolute atomic E-state index is 10.8. The van der Waals surface area contributed by atoms with Crippen LogP contribution in [0.5, 0.6) is 0 Å². The van der Waals surface area contributed by atoms with Crippen LogP contribution in [0.2, 0.25) is 5.02 Å². The van der Waals surface area contributed by atoms with E-state index in [4.69, 9.17) is 16.7 Å². The van der Waals surface area contributed by atoms with Gasteiger partial charge >= 0.3 is 0 Å². The smallest absolute Gasteiger partial charge is 0.268 e. The van der Waals surface area contributed by atoms with Gasteiger partial charge in [0, 0.05) is 11.2 Å². The van der Waals surface area contributed by atoms with E-state index in [0.29, 0.717) is 17.3 Å². The molecule has 0 saturated heterocycles. The summed E-state index contributed by atoms with van der Waals surface area (Å²) in [5.41, 5.74) is 1.33. The Labute approximate surface area is 110 Å². The van der Waals surface area contributed by atoms with Crippen LogP contribution in [0.15, 0.2) is 36.7 Å². The first-order chi connectivity index (χ1) is 8.42. The Morgan fingerprint density at radius 1 is 1.33 bits per heavy atom. The number of nitrogens with zero attached hydrogens (tertiary/aromatic N) is 2. The molecular weight excluding hydrogens is 276 g/mol. The predicted octanol–water partition coefficient (Wildman–Crippen LogP) is 1.20. The molecule has 2 rings (SSSR count). The third-order valence-corrected chi connectivity index (χ3v) is 2.92. The van der Waals surface area contributed by atoms with Gasteiger partial charge in [-0.25, -0.2) is 5.14 Å². The first-order valence-corrected chi connectivity index (χ1v) is 6.92. The Morgan fingerprint density at radius 3 is 2.61 bits per heavy atom. The fourth-order valence-corrected chi connectivity index (χ4v) is 2.00. The zero-order valence-corrected chi connectivity index (χ0v) is 10.8. The van der Waals surface area contributed by atoms with Crippen molar-refractivity contribution in [3.63, 3.8) is 0 Å². The zero-order chi connectivity index (χ0) is 13.2. The number of nitrogens with one attached hydrogen (secondary N) is 1. The van der Waals surface area contributed by atoms with E-state index in [1.54, 1.807) is 23.0 Å². The van der Waals surface area contributed by atoms with E-state index in [2.05, 4.69) is 9.82 Å². The number of halogens is 1. The number of anilines is 1. The minimum Gasteiger partial charge on any atom is -0.268 e. The van der Waals surface area contributed by atoms with E-state index in [1.165, 1.54) is 6.20 Å². The van der Waals surface area contributed by atoms with Gasteiger partial charge in [0.2, 0.25) is 0 Å². The molecule has 96 valence electrons. The van der Waals surface area contributed by atoms with Gasteiger partial charge in [-0.3, -0.25) is 9.40 Å². The van der Waals surface area contributed by atoms with Gasteiger partial charge in [0.25, 0.3) is 10.2 Å². The quantitative estimate of drug-likeness (QED) is 0.885. The summed E-state index contributed by atoms with van der Waals surface area (Å²) in [7, 11) is -3.76. The van der Waals surface area contributed by atoms with Crippen molar-refractivity contribution in [3.8, 4) is 0 Å². The van der Waals surface area contributed by atoms with Crippen molar-refractivity contribution >= 4 is 27.5 Å². The van der Waals surface area contributed by atoms with Crippen LogP contribution in [0.3, 0.4) is 0 Å². The summed E-state index contributed by atoms with van der Waals surface area (Å²) in [6, 6.07) is 7.31. The van der Waals surface area contributed by atoms with Gasteiger partial charge in [0.15, 0.2) is 0 Å². The number of rotatable bonds is 4. The third kappa shape index (κ3) is 3.73. The van der Waals surface area contributed by atoms with Crippen molar-refractivity contribution in [1.29, 1.82) is 0 Å². The molecule has 0 aliphatic heterocycles. The normalized spacial score (nSPS) is 11.4. The van der Waals surface area contributed by atoms with Crippen LogP contribution in [0, 0.1) is 0 Å². The molecule has 8 heteroatoms. The van der Waals surface area contributed by atoms with E-state index >= 15 is 0 Å². The monoisotopic (exact) mass is 286 g/mol. The van der Waals surface area contributed by atoms with Crippen LogP contribution in [0.1, 0.15) is 5.56 Å². The van der Waals surface area contributed by atoms with E-state index < -0.39 is 10.2 Å². The Bertz CT molecular complexity index is 636. The lowest BCUT2D eigenvalue weighted by molar-refractivity contribution is 0.603. The highest BCUT2D eigenvalue weighted by atomic mass is 35.5. The van der Waals surface area contributed by atoms with Crippen molar-refractivity contribution < 1.29 is 8.42 Å². The third-order valence-electron chi connectivity index (χ3n) is 2.15. The largest absolute Gasteiger partial charge is 0.296 e. The minimum atomic E-state index is -3.76. The number of hydrogen-bond acceptors (Lipinski definition) is 3. The van der Waals surface area contributed by atoms with Crippen LogP contribution in [-0.2, 0) is 16.8 Å². The number of aromatic nitrogens is 2. The van der Waals surface area contributed by atoms with E-state index in [9.17, 15) is 8.42 Å². The lowest BCUT2D eigenvalue weighted by Gasteiger charge is -2.02. The molecule has 0 fully saturated rings. The second-order valence-corrected chi connectivity index (χ2v) is 5.43. The first-order valence-electron chi connectivity index (χ1n) is 5.00. The molecule has 18 heavy (non-hydrogen) atoms. The summed E-state index contributed by atoms with van der Waals surface area (Å²) in [5, 5.41) is 9.54. The van der Waals surface area contributed by atoms with Crippen molar-refractivity contribution in [2.75, 3.05) is 4.72 Å². The molecule has 0 radical (unpaired) electrons. The standard InChI is InChI=1S/C10H11ClN4O2S/c11-9-3-1-8(2-4-9)6-15-7-10(5-13-15)14-18(12,16)17/h1-5,7,14H,6H2,(H2,12,16,17). The number of hydrogen-bond donors (Lipinski definition) is 2. The zero-order valence-electron chi connectivity index (χ0n) is 9.25. The Hall–Kier alpha value is -1.57. The average molecular weight is 287 g/mol. The molecule has 0 atom stereocenters. The van der Waals surface area contributed by atoms with Crippen LogP contribution >= 0.6 is 11.6 Å². The fourth-order valence-electron chi connectivity index (χ4n) is 1.44. The summed E-state index contributed by atoms with van der Waals surface area (Å²) < 4.78 is 25.4. The Kier molecular flexibility index (Phi) is 3.55. The molecule has 0 amide bonds. The molecule has 3 N–H and O–H groups in total. The average Bonchev–Trinajstić information content (AvgIpc) is 2.66. The first kappa shape index (κ1) is 12.9. The highest BCUT2D eigenvalue weighted by Gasteiger charge is 2.05. The fraction of sp³-hybridized carbons (Fsp3) is 0.100. The molecular formula is C10H11ClN4O2S. The van der Waals surface area contributed by atoms with Gasteiger partial charge in [-0.2, -0.15) is 13.5 Å². The molecule has 1 aromatic carbocycles. The van der Waals surface area contributed by atoms with E-state index in [-0.39, 0.29) is 0 Å². The lowest BCUT2D eigenvalue weighted by Crippen LogP contribution is -2.21. The summed E-state index contributed by atoms with van der Waals surface area (Å²) in [4.78, 5) is 0. The number of nitrogens with two attached hydrogens (primary N) is 1. The van der Waals surface area contributed by atoms with Gasteiger partial charge < -0.3 is 0 Å². The Morgan fingerprint density at radius 2 is 2.00 bits per heavy atom. The van der Waals surface area contributed by atoms with Crippen LogP contribution in [0.4, 0.5) is 5.69 Å². The van der Waals surface area contributed by atoms with Crippen LogP contribution < -0.4 is 9.86 Å². The molecule has 0 aliphatic rings. The molecule has 0 unspecified atom stereocenters. The second-order valence-electron chi connectivity index (χ2n) is 3.70. The molecule has 0 saturated carbocycles. The lowest BCUT2D eigenvalue weighted by atomic mass is 10.2. The summed E-state index contributed by atoms with van der Waals surface area (Å²) in [5.74, 6) is 0. The number of benzene rings is 1. The summed E-state index contributed by atoms with van der Waals surface area (Å²) >= 11 is 5.78. The molecule has 1 heterocycles. The summed E-state index contributed by atoms with van der Waals surface area (Å²) in [6.45, 7) is 0.517. The molecule has 1 aromatic heterocycles. The molecule has 0 aliphatic carbocycles. The van der Waals surface area contributed by atoms with Crippen LogP contribution in [-0.4, -0.2) is 18.2 Å². The SMILES string of the molecule is NS(=O)(=O)Nc1cnn(Cc2ccc(Cl)cc2)c1.